The molecule has 6 heteroatoms. The van der Waals surface area contributed by atoms with E-state index in [1.807, 2.05) is 38.2 Å². The van der Waals surface area contributed by atoms with Crippen molar-refractivity contribution in [3.63, 3.8) is 0 Å². The van der Waals surface area contributed by atoms with Crippen LogP contribution in [0, 0.1) is 0 Å². The van der Waals surface area contributed by atoms with Crippen LogP contribution in [0.25, 0.3) is 0 Å². The Morgan fingerprint density at radius 1 is 1.41 bits per heavy atom. The maximum absolute atomic E-state index is 12.3. The molecule has 1 aliphatic carbocycles. The lowest BCUT2D eigenvalue weighted by atomic mass is 9.66. The second-order valence-electron chi connectivity index (χ2n) is 6.21. The number of nitrogens with zero attached hydrogens (tertiary/aromatic N) is 4. The normalized spacial score (nSPS) is 16.3. The van der Waals surface area contributed by atoms with E-state index in [0.717, 1.165) is 18.5 Å². The zero-order chi connectivity index (χ0) is 15.6. The molecular formula is C16H21N5O. The lowest BCUT2D eigenvalue weighted by molar-refractivity contribution is 0.0921. The van der Waals surface area contributed by atoms with Gasteiger partial charge in [0.15, 0.2) is 5.69 Å². The van der Waals surface area contributed by atoms with Crippen LogP contribution in [0.5, 0.6) is 0 Å². The van der Waals surface area contributed by atoms with E-state index >= 15 is 0 Å². The van der Waals surface area contributed by atoms with E-state index in [4.69, 9.17) is 0 Å². The highest BCUT2D eigenvalue weighted by molar-refractivity contribution is 5.91. The fourth-order valence-electron chi connectivity index (χ4n) is 2.78. The summed E-state index contributed by atoms with van der Waals surface area (Å²) in [6, 6.07) is 6.15. The van der Waals surface area contributed by atoms with E-state index in [-0.39, 0.29) is 17.4 Å². The Morgan fingerprint density at radius 2 is 2.23 bits per heavy atom. The maximum atomic E-state index is 12.3. The lowest BCUT2D eigenvalue weighted by Crippen LogP contribution is -2.46. The number of carbonyl (C=O) groups excluding carboxylic acids is 1. The van der Waals surface area contributed by atoms with Crippen molar-refractivity contribution in [2.75, 3.05) is 6.54 Å². The predicted molar refractivity (Wildman–Crippen MR) is 82.5 cm³/mol. The van der Waals surface area contributed by atoms with E-state index in [2.05, 4.69) is 20.6 Å². The molecule has 2 aromatic heterocycles. The van der Waals surface area contributed by atoms with Crippen LogP contribution < -0.4 is 5.32 Å². The van der Waals surface area contributed by atoms with Crippen molar-refractivity contribution in [3.05, 3.63) is 42.0 Å². The summed E-state index contributed by atoms with van der Waals surface area (Å²) in [6.07, 6.45) is 6.79. The van der Waals surface area contributed by atoms with Gasteiger partial charge in [-0.1, -0.05) is 17.7 Å². The minimum Gasteiger partial charge on any atom is -0.350 e. The number of rotatable bonds is 5. The van der Waals surface area contributed by atoms with E-state index in [9.17, 15) is 4.79 Å². The fourth-order valence-corrected chi connectivity index (χ4v) is 2.78. The van der Waals surface area contributed by atoms with Gasteiger partial charge in [0.1, 0.15) is 0 Å². The van der Waals surface area contributed by atoms with Crippen LogP contribution in [0.15, 0.2) is 30.6 Å². The number of pyridine rings is 1. The Balaban J connectivity index is 1.67. The van der Waals surface area contributed by atoms with Gasteiger partial charge in [-0.15, -0.1) is 5.10 Å². The first-order valence-corrected chi connectivity index (χ1v) is 7.72. The first kappa shape index (κ1) is 14.7. The van der Waals surface area contributed by atoms with E-state index in [1.165, 1.54) is 6.42 Å². The number of hydrogen-bond acceptors (Lipinski definition) is 4. The average Bonchev–Trinajstić information content (AvgIpc) is 2.97. The van der Waals surface area contributed by atoms with Crippen molar-refractivity contribution < 1.29 is 4.79 Å². The SMILES string of the molecule is CC(C)n1cc(C(=O)NCC2(c3ccccn3)CCC2)nn1. The molecule has 1 N–H and O–H groups in total. The molecule has 0 atom stereocenters. The average molecular weight is 299 g/mol. The standard InChI is InChI=1S/C16H21N5O/c1-12(2)21-10-13(19-20-21)15(22)18-11-16(7-5-8-16)14-6-3-4-9-17-14/h3-4,6,9-10,12H,5,7-8,11H2,1-2H3,(H,18,22). The van der Waals surface area contributed by atoms with E-state index in [1.54, 1.807) is 10.9 Å². The summed E-state index contributed by atoms with van der Waals surface area (Å²) in [5.74, 6) is -0.172. The van der Waals surface area contributed by atoms with Crippen LogP contribution in [-0.2, 0) is 5.41 Å². The molecule has 2 heterocycles. The van der Waals surface area contributed by atoms with Gasteiger partial charge in [-0.3, -0.25) is 9.78 Å². The summed E-state index contributed by atoms with van der Waals surface area (Å²) >= 11 is 0. The van der Waals surface area contributed by atoms with Gasteiger partial charge in [-0.05, 0) is 38.8 Å². The van der Waals surface area contributed by atoms with Gasteiger partial charge in [0.2, 0.25) is 0 Å². The van der Waals surface area contributed by atoms with Gasteiger partial charge in [-0.2, -0.15) is 0 Å². The number of nitrogens with one attached hydrogen (secondary N) is 1. The minimum atomic E-state index is -0.172. The van der Waals surface area contributed by atoms with Crippen molar-refractivity contribution in [1.82, 2.24) is 25.3 Å². The third-order valence-electron chi connectivity index (χ3n) is 4.38. The van der Waals surface area contributed by atoms with Crippen LogP contribution >= 0.6 is 0 Å². The number of carbonyl (C=O) groups is 1. The molecule has 0 bridgehead atoms. The van der Waals surface area contributed by atoms with Crippen LogP contribution in [0.2, 0.25) is 0 Å². The summed E-state index contributed by atoms with van der Waals surface area (Å²) in [5, 5.41) is 10.9. The molecule has 0 unspecified atom stereocenters. The Bertz CT molecular complexity index is 646. The molecule has 0 spiro atoms. The van der Waals surface area contributed by atoms with Gasteiger partial charge < -0.3 is 5.32 Å². The number of hydrogen-bond donors (Lipinski definition) is 1. The van der Waals surface area contributed by atoms with Crippen molar-refractivity contribution in [2.45, 2.75) is 44.6 Å². The Labute approximate surface area is 129 Å². The van der Waals surface area contributed by atoms with Crippen LogP contribution in [0.4, 0.5) is 0 Å². The summed E-state index contributed by atoms with van der Waals surface area (Å²) in [5.41, 5.74) is 1.40. The van der Waals surface area contributed by atoms with Crippen LogP contribution in [0.1, 0.15) is 55.3 Å². The quantitative estimate of drug-likeness (QED) is 0.917. The van der Waals surface area contributed by atoms with Gasteiger partial charge in [0, 0.05) is 29.9 Å². The summed E-state index contributed by atoms with van der Waals surface area (Å²) in [4.78, 5) is 16.7. The molecule has 3 rings (SSSR count). The molecule has 0 aliphatic heterocycles. The zero-order valence-electron chi connectivity index (χ0n) is 13.0. The van der Waals surface area contributed by atoms with E-state index < -0.39 is 0 Å². The lowest BCUT2D eigenvalue weighted by Gasteiger charge is -2.41. The Hall–Kier alpha value is -2.24. The molecule has 1 amide bonds. The Kier molecular flexibility index (Phi) is 3.92. The molecule has 1 aliphatic rings. The minimum absolute atomic E-state index is 0.0229. The monoisotopic (exact) mass is 299 g/mol. The molecule has 22 heavy (non-hydrogen) atoms. The molecule has 2 aromatic rings. The highest BCUT2D eigenvalue weighted by Gasteiger charge is 2.40. The number of amides is 1. The van der Waals surface area contributed by atoms with Crippen molar-refractivity contribution in [3.8, 4) is 0 Å². The molecule has 0 saturated heterocycles. The molecule has 6 nitrogen and oxygen atoms in total. The molecule has 116 valence electrons. The topological polar surface area (TPSA) is 72.7 Å². The van der Waals surface area contributed by atoms with Crippen molar-refractivity contribution in [1.29, 1.82) is 0 Å². The largest absolute Gasteiger partial charge is 0.350 e. The third kappa shape index (κ3) is 2.73. The molecular weight excluding hydrogens is 278 g/mol. The molecule has 0 aromatic carbocycles. The van der Waals surface area contributed by atoms with Crippen LogP contribution in [-0.4, -0.2) is 32.4 Å². The Morgan fingerprint density at radius 3 is 2.77 bits per heavy atom. The highest BCUT2D eigenvalue weighted by atomic mass is 16.2. The molecule has 0 radical (unpaired) electrons. The third-order valence-corrected chi connectivity index (χ3v) is 4.38. The van der Waals surface area contributed by atoms with Gasteiger partial charge in [0.05, 0.1) is 6.20 Å². The van der Waals surface area contributed by atoms with Crippen LogP contribution in [0.3, 0.4) is 0 Å². The molecule has 1 fully saturated rings. The maximum Gasteiger partial charge on any atom is 0.273 e. The van der Waals surface area contributed by atoms with Crippen molar-refractivity contribution in [2.24, 2.45) is 0 Å². The van der Waals surface area contributed by atoms with Gasteiger partial charge in [0.25, 0.3) is 5.91 Å². The fraction of sp³-hybridized carbons (Fsp3) is 0.500. The first-order chi connectivity index (χ1) is 10.6. The molecule has 1 saturated carbocycles. The first-order valence-electron chi connectivity index (χ1n) is 7.72. The summed E-state index contributed by atoms with van der Waals surface area (Å²) in [6.45, 7) is 4.60. The zero-order valence-corrected chi connectivity index (χ0v) is 13.0. The highest BCUT2D eigenvalue weighted by Crippen LogP contribution is 2.42. The van der Waals surface area contributed by atoms with Crippen molar-refractivity contribution >= 4 is 5.91 Å². The second-order valence-corrected chi connectivity index (χ2v) is 6.21. The predicted octanol–water partition coefficient (Wildman–Crippen LogP) is 2.11. The summed E-state index contributed by atoms with van der Waals surface area (Å²) in [7, 11) is 0. The summed E-state index contributed by atoms with van der Waals surface area (Å²) < 4.78 is 1.69. The van der Waals surface area contributed by atoms with Gasteiger partial charge in [-0.25, -0.2) is 4.68 Å². The van der Waals surface area contributed by atoms with E-state index in [0.29, 0.717) is 12.2 Å². The smallest absolute Gasteiger partial charge is 0.273 e. The number of aromatic nitrogens is 4. The second kappa shape index (κ2) is 5.87. The van der Waals surface area contributed by atoms with Gasteiger partial charge >= 0.3 is 0 Å².